The van der Waals surface area contributed by atoms with E-state index in [1.807, 2.05) is 33.8 Å². The maximum atomic E-state index is 13.4. The van der Waals surface area contributed by atoms with E-state index in [1.54, 1.807) is 28.9 Å². The lowest BCUT2D eigenvalue weighted by molar-refractivity contribution is 0.0858. The average molecular weight is 396 g/mol. The van der Waals surface area contributed by atoms with E-state index in [0.29, 0.717) is 17.1 Å². The minimum atomic E-state index is -0.527. The van der Waals surface area contributed by atoms with E-state index in [4.69, 9.17) is 0 Å². The molecular weight excluding hydrogens is 371 g/mol. The van der Waals surface area contributed by atoms with Gasteiger partial charge in [-0.15, -0.1) is 5.10 Å². The molecule has 0 atom stereocenters. The number of halogens is 1. The number of aliphatic hydroxyl groups is 1. The smallest absolute Gasteiger partial charge is 0.163 e. The van der Waals surface area contributed by atoms with Gasteiger partial charge in [0.05, 0.1) is 5.69 Å². The van der Waals surface area contributed by atoms with Crippen LogP contribution < -0.4 is 0 Å². The molecule has 152 valence electrons. The third-order valence-corrected chi connectivity index (χ3v) is 4.74. The fourth-order valence-electron chi connectivity index (χ4n) is 3.03. The summed E-state index contributed by atoms with van der Waals surface area (Å²) in [5, 5.41) is 21.5. The topological polar surface area (TPSA) is 80.9 Å². The third kappa shape index (κ3) is 4.74. The first kappa shape index (κ1) is 20.8. The standard InChI is InChI=1S/C22H25FN4O2/c1-14(2)21-24-25-26-27(21)19-10-16(15-5-7-18(23)8-6-15)9-17(11-19)20(29)12-22(3,4)13-28/h5-11,14,28H,12-13H2,1-4H3. The van der Waals surface area contributed by atoms with Gasteiger partial charge in [0.2, 0.25) is 0 Å². The number of aromatic nitrogens is 4. The van der Waals surface area contributed by atoms with Crippen LogP contribution in [-0.2, 0) is 0 Å². The second-order valence-corrected chi connectivity index (χ2v) is 8.30. The van der Waals surface area contributed by atoms with E-state index in [0.717, 1.165) is 11.1 Å². The Morgan fingerprint density at radius 3 is 2.45 bits per heavy atom. The lowest BCUT2D eigenvalue weighted by atomic mass is 9.86. The summed E-state index contributed by atoms with van der Waals surface area (Å²) in [6.45, 7) is 7.57. The number of carbonyl (C=O) groups is 1. The van der Waals surface area contributed by atoms with Crippen LogP contribution >= 0.6 is 0 Å². The van der Waals surface area contributed by atoms with Gasteiger partial charge >= 0.3 is 0 Å². The fourth-order valence-corrected chi connectivity index (χ4v) is 3.03. The summed E-state index contributed by atoms with van der Waals surface area (Å²) in [6.07, 6.45) is 0.197. The molecular formula is C22H25FN4O2. The predicted molar refractivity (Wildman–Crippen MR) is 108 cm³/mol. The molecule has 3 aromatic rings. The van der Waals surface area contributed by atoms with Gasteiger partial charge < -0.3 is 5.11 Å². The van der Waals surface area contributed by atoms with Gasteiger partial charge in [-0.25, -0.2) is 4.39 Å². The summed E-state index contributed by atoms with van der Waals surface area (Å²) in [6, 6.07) is 11.5. The van der Waals surface area contributed by atoms with Crippen LogP contribution in [0.4, 0.5) is 4.39 Å². The van der Waals surface area contributed by atoms with Crippen LogP contribution in [-0.4, -0.2) is 37.7 Å². The lowest BCUT2D eigenvalue weighted by Crippen LogP contribution is -2.21. The number of hydrogen-bond acceptors (Lipinski definition) is 5. The van der Waals surface area contributed by atoms with E-state index in [1.165, 1.54) is 12.1 Å². The van der Waals surface area contributed by atoms with E-state index in [-0.39, 0.29) is 30.5 Å². The molecule has 0 amide bonds. The molecule has 0 aliphatic heterocycles. The zero-order valence-corrected chi connectivity index (χ0v) is 17.1. The SMILES string of the molecule is CC(C)c1nnnn1-c1cc(C(=O)CC(C)(C)CO)cc(-c2ccc(F)cc2)c1. The number of hydrogen-bond donors (Lipinski definition) is 1. The minimum Gasteiger partial charge on any atom is -0.396 e. The van der Waals surface area contributed by atoms with Gasteiger partial charge in [-0.3, -0.25) is 4.79 Å². The summed E-state index contributed by atoms with van der Waals surface area (Å²) in [5.41, 5.74) is 2.17. The highest BCUT2D eigenvalue weighted by atomic mass is 19.1. The number of ketones is 1. The van der Waals surface area contributed by atoms with Crippen LogP contribution in [0.3, 0.4) is 0 Å². The summed E-state index contributed by atoms with van der Waals surface area (Å²) < 4.78 is 15.0. The van der Waals surface area contributed by atoms with Gasteiger partial charge in [-0.1, -0.05) is 39.8 Å². The zero-order valence-electron chi connectivity index (χ0n) is 17.1. The van der Waals surface area contributed by atoms with Crippen molar-refractivity contribution < 1.29 is 14.3 Å². The Balaban J connectivity index is 2.13. The van der Waals surface area contributed by atoms with Gasteiger partial charge in [0.15, 0.2) is 11.6 Å². The maximum Gasteiger partial charge on any atom is 0.163 e. The van der Waals surface area contributed by atoms with Gasteiger partial charge in [0.1, 0.15) is 5.82 Å². The van der Waals surface area contributed by atoms with Crippen LogP contribution in [0.1, 0.15) is 56.2 Å². The van der Waals surface area contributed by atoms with Crippen molar-refractivity contribution in [2.75, 3.05) is 6.61 Å². The van der Waals surface area contributed by atoms with Gasteiger partial charge in [0, 0.05) is 24.5 Å². The molecule has 0 saturated carbocycles. The number of Topliss-reactive ketones (excluding diaryl/α,β-unsaturated/α-hetero) is 1. The first-order valence-electron chi connectivity index (χ1n) is 9.54. The maximum absolute atomic E-state index is 13.4. The molecule has 0 fully saturated rings. The van der Waals surface area contributed by atoms with Crippen LogP contribution in [0.2, 0.25) is 0 Å². The van der Waals surface area contributed by atoms with Gasteiger partial charge in [-0.2, -0.15) is 4.68 Å². The second kappa shape index (κ2) is 8.21. The molecule has 0 aliphatic rings. The molecule has 2 aromatic carbocycles. The second-order valence-electron chi connectivity index (χ2n) is 8.30. The van der Waals surface area contributed by atoms with E-state index in [9.17, 15) is 14.3 Å². The number of benzene rings is 2. The van der Waals surface area contributed by atoms with Crippen molar-refractivity contribution in [1.29, 1.82) is 0 Å². The molecule has 0 bridgehead atoms. The first-order chi connectivity index (χ1) is 13.7. The molecule has 0 spiro atoms. The van der Waals surface area contributed by atoms with Crippen molar-refractivity contribution in [3.05, 3.63) is 59.7 Å². The summed E-state index contributed by atoms with van der Waals surface area (Å²) in [4.78, 5) is 13.0. The van der Waals surface area contributed by atoms with Crippen LogP contribution in [0, 0.1) is 11.2 Å². The highest BCUT2D eigenvalue weighted by molar-refractivity contribution is 5.98. The quantitative estimate of drug-likeness (QED) is 0.606. The molecule has 0 unspecified atom stereocenters. The van der Waals surface area contributed by atoms with Crippen molar-refractivity contribution >= 4 is 5.78 Å². The highest BCUT2D eigenvalue weighted by Crippen LogP contribution is 2.28. The third-order valence-electron chi connectivity index (χ3n) is 4.74. The monoisotopic (exact) mass is 396 g/mol. The lowest BCUT2D eigenvalue weighted by Gasteiger charge is -2.21. The molecule has 1 N–H and O–H groups in total. The van der Waals surface area contributed by atoms with Crippen molar-refractivity contribution in [3.8, 4) is 16.8 Å². The molecule has 1 aromatic heterocycles. The molecule has 29 heavy (non-hydrogen) atoms. The Morgan fingerprint density at radius 1 is 1.14 bits per heavy atom. The van der Waals surface area contributed by atoms with Crippen molar-refractivity contribution in [3.63, 3.8) is 0 Å². The predicted octanol–water partition coefficient (Wildman–Crippen LogP) is 4.18. The number of aliphatic hydroxyl groups excluding tert-OH is 1. The summed E-state index contributed by atoms with van der Waals surface area (Å²) in [7, 11) is 0. The Hall–Kier alpha value is -2.93. The molecule has 0 saturated heterocycles. The summed E-state index contributed by atoms with van der Waals surface area (Å²) >= 11 is 0. The molecule has 1 heterocycles. The van der Waals surface area contributed by atoms with E-state index >= 15 is 0 Å². The van der Waals surface area contributed by atoms with Crippen molar-refractivity contribution in [2.24, 2.45) is 5.41 Å². The molecule has 0 radical (unpaired) electrons. The number of rotatable bonds is 7. The van der Waals surface area contributed by atoms with E-state index in [2.05, 4.69) is 15.5 Å². The van der Waals surface area contributed by atoms with Crippen molar-refractivity contribution in [1.82, 2.24) is 20.2 Å². The Morgan fingerprint density at radius 2 is 1.83 bits per heavy atom. The number of tetrazole rings is 1. The van der Waals surface area contributed by atoms with Gasteiger partial charge in [-0.05, 0) is 57.3 Å². The molecule has 7 heteroatoms. The molecule has 3 rings (SSSR count). The molecule has 6 nitrogen and oxygen atoms in total. The van der Waals surface area contributed by atoms with E-state index < -0.39 is 5.41 Å². The average Bonchev–Trinajstić information content (AvgIpc) is 3.18. The Labute approximate surface area is 169 Å². The van der Waals surface area contributed by atoms with Gasteiger partial charge in [0.25, 0.3) is 0 Å². The molecule has 0 aliphatic carbocycles. The summed E-state index contributed by atoms with van der Waals surface area (Å²) in [5.74, 6) is 0.351. The first-order valence-corrected chi connectivity index (χ1v) is 9.54. The van der Waals surface area contributed by atoms with Crippen LogP contribution in [0.25, 0.3) is 16.8 Å². The normalized spacial score (nSPS) is 11.8. The van der Waals surface area contributed by atoms with Crippen molar-refractivity contribution in [2.45, 2.75) is 40.0 Å². The fraction of sp³-hybridized carbons (Fsp3) is 0.364. The van der Waals surface area contributed by atoms with Crippen LogP contribution in [0.5, 0.6) is 0 Å². The van der Waals surface area contributed by atoms with Crippen LogP contribution in [0.15, 0.2) is 42.5 Å². The number of nitrogens with zero attached hydrogens (tertiary/aromatic N) is 4. The Bertz CT molecular complexity index is 1010. The largest absolute Gasteiger partial charge is 0.396 e. The Kier molecular flexibility index (Phi) is 5.88. The minimum absolute atomic E-state index is 0.0894. The number of carbonyl (C=O) groups excluding carboxylic acids is 1. The zero-order chi connectivity index (χ0) is 21.2. The highest BCUT2D eigenvalue weighted by Gasteiger charge is 2.23.